The summed E-state index contributed by atoms with van der Waals surface area (Å²) in [5.41, 5.74) is 6.64. The van der Waals surface area contributed by atoms with E-state index in [0.717, 1.165) is 12.3 Å². The number of hydrogen-bond donors (Lipinski definition) is 2. The number of aromatic nitrogens is 1. The van der Waals surface area contributed by atoms with Gasteiger partial charge in [-0.25, -0.2) is 17.8 Å². The molecule has 0 radical (unpaired) electrons. The highest BCUT2D eigenvalue weighted by Crippen LogP contribution is 2.12. The zero-order chi connectivity index (χ0) is 15.5. The molecule has 1 aromatic carbocycles. The van der Waals surface area contributed by atoms with Gasteiger partial charge in [0.1, 0.15) is 16.6 Å². The quantitative estimate of drug-likeness (QED) is 0.819. The molecule has 0 aliphatic rings. The number of hydrogen-bond acceptors (Lipinski definition) is 4. The highest BCUT2D eigenvalue weighted by atomic mass is 32.2. The first-order valence-corrected chi connectivity index (χ1v) is 7.92. The summed E-state index contributed by atoms with van der Waals surface area (Å²) >= 11 is 4.85. The summed E-state index contributed by atoms with van der Waals surface area (Å²) in [6.45, 7) is 0. The van der Waals surface area contributed by atoms with E-state index >= 15 is 0 Å². The third-order valence-corrected chi connectivity index (χ3v) is 4.02. The average molecular weight is 325 g/mol. The number of nitrogens with two attached hydrogens (primary N) is 1. The molecule has 0 saturated carbocycles. The van der Waals surface area contributed by atoms with E-state index in [1.165, 1.54) is 6.07 Å². The van der Waals surface area contributed by atoms with Gasteiger partial charge in [0.2, 0.25) is 10.0 Å². The van der Waals surface area contributed by atoms with E-state index in [-0.39, 0.29) is 16.6 Å². The third-order valence-electron chi connectivity index (χ3n) is 2.56. The molecular weight excluding hydrogens is 313 g/mol. The topological polar surface area (TPSA) is 85.1 Å². The number of thiocarbonyl (C=S) groups is 1. The lowest BCUT2D eigenvalue weighted by molar-refractivity contribution is 0.599. The fourth-order valence-corrected chi connectivity index (χ4v) is 2.92. The molecule has 0 saturated heterocycles. The Labute approximate surface area is 127 Å². The number of anilines is 1. The predicted octanol–water partition coefficient (Wildman–Crippen LogP) is 1.80. The summed E-state index contributed by atoms with van der Waals surface area (Å²) in [5.74, 6) is -0.744. The Morgan fingerprint density at radius 3 is 2.71 bits per heavy atom. The van der Waals surface area contributed by atoms with Crippen LogP contribution in [0.3, 0.4) is 0 Å². The van der Waals surface area contributed by atoms with Crippen molar-refractivity contribution in [2.45, 2.75) is 5.75 Å². The number of rotatable bonds is 5. The van der Waals surface area contributed by atoms with Gasteiger partial charge in [-0.1, -0.05) is 30.4 Å². The van der Waals surface area contributed by atoms with Gasteiger partial charge in [-0.15, -0.1) is 0 Å². The molecular formula is C13H12FN3O2S2. The van der Waals surface area contributed by atoms with Gasteiger partial charge in [0, 0.05) is 5.56 Å². The number of nitrogens with zero attached hydrogens (tertiary/aromatic N) is 1. The summed E-state index contributed by atoms with van der Waals surface area (Å²) in [7, 11) is -3.66. The number of halogens is 1. The van der Waals surface area contributed by atoms with Gasteiger partial charge in [0.05, 0.1) is 11.9 Å². The molecule has 0 bridgehead atoms. The maximum Gasteiger partial charge on any atom is 0.238 e. The zero-order valence-corrected chi connectivity index (χ0v) is 12.4. The SMILES string of the molecule is NC(=S)c1cccc(CS(=O)(=O)Nc2ccc(F)cn2)c1. The monoisotopic (exact) mass is 325 g/mol. The van der Waals surface area contributed by atoms with Crippen molar-refractivity contribution in [3.05, 3.63) is 59.5 Å². The molecule has 3 N–H and O–H groups in total. The van der Waals surface area contributed by atoms with Crippen molar-refractivity contribution in [1.29, 1.82) is 0 Å². The maximum atomic E-state index is 12.7. The van der Waals surface area contributed by atoms with Crippen molar-refractivity contribution in [3.63, 3.8) is 0 Å². The van der Waals surface area contributed by atoms with Crippen molar-refractivity contribution >= 4 is 33.0 Å². The lowest BCUT2D eigenvalue weighted by Crippen LogP contribution is -2.16. The summed E-state index contributed by atoms with van der Waals surface area (Å²) < 4.78 is 39.0. The van der Waals surface area contributed by atoms with Crippen LogP contribution in [0.4, 0.5) is 10.2 Å². The van der Waals surface area contributed by atoms with Crippen LogP contribution in [0.1, 0.15) is 11.1 Å². The highest BCUT2D eigenvalue weighted by molar-refractivity contribution is 7.91. The fourth-order valence-electron chi connectivity index (χ4n) is 1.67. The Morgan fingerprint density at radius 2 is 2.10 bits per heavy atom. The van der Waals surface area contributed by atoms with E-state index in [1.54, 1.807) is 24.3 Å². The Kier molecular flexibility index (Phi) is 4.49. The van der Waals surface area contributed by atoms with Crippen molar-refractivity contribution in [3.8, 4) is 0 Å². The van der Waals surface area contributed by atoms with Gasteiger partial charge in [-0.05, 0) is 23.8 Å². The van der Waals surface area contributed by atoms with E-state index in [4.69, 9.17) is 18.0 Å². The summed E-state index contributed by atoms with van der Waals surface area (Å²) in [6, 6.07) is 9.01. The summed E-state index contributed by atoms with van der Waals surface area (Å²) in [4.78, 5) is 3.84. The van der Waals surface area contributed by atoms with Crippen molar-refractivity contribution in [2.75, 3.05) is 4.72 Å². The van der Waals surface area contributed by atoms with Crippen LogP contribution in [0.5, 0.6) is 0 Å². The van der Waals surface area contributed by atoms with E-state index < -0.39 is 15.8 Å². The molecule has 5 nitrogen and oxygen atoms in total. The van der Waals surface area contributed by atoms with Crippen molar-refractivity contribution in [1.82, 2.24) is 4.98 Å². The molecule has 0 spiro atoms. The minimum atomic E-state index is -3.66. The molecule has 0 aliphatic carbocycles. The van der Waals surface area contributed by atoms with E-state index in [9.17, 15) is 12.8 Å². The van der Waals surface area contributed by atoms with Crippen LogP contribution in [0.15, 0.2) is 42.6 Å². The lowest BCUT2D eigenvalue weighted by Gasteiger charge is -2.08. The first-order chi connectivity index (χ1) is 9.85. The molecule has 8 heteroatoms. The largest absolute Gasteiger partial charge is 0.389 e. The van der Waals surface area contributed by atoms with Crippen molar-refractivity contribution in [2.24, 2.45) is 5.73 Å². The number of sulfonamides is 1. The van der Waals surface area contributed by atoms with E-state index in [0.29, 0.717) is 11.1 Å². The zero-order valence-electron chi connectivity index (χ0n) is 10.8. The van der Waals surface area contributed by atoms with Gasteiger partial charge >= 0.3 is 0 Å². The molecule has 2 rings (SSSR count). The van der Waals surface area contributed by atoms with Crippen LogP contribution in [-0.4, -0.2) is 18.4 Å². The minimum Gasteiger partial charge on any atom is -0.389 e. The molecule has 21 heavy (non-hydrogen) atoms. The fraction of sp³-hybridized carbons (Fsp3) is 0.0769. The van der Waals surface area contributed by atoms with Gasteiger partial charge in [-0.2, -0.15) is 0 Å². The first-order valence-electron chi connectivity index (χ1n) is 5.86. The molecule has 0 atom stereocenters. The van der Waals surface area contributed by atoms with Crippen molar-refractivity contribution < 1.29 is 12.8 Å². The Balaban J connectivity index is 2.15. The second-order valence-corrected chi connectivity index (χ2v) is 6.45. The summed E-state index contributed by atoms with van der Waals surface area (Å²) in [6.07, 6.45) is 0.936. The Morgan fingerprint density at radius 1 is 1.33 bits per heavy atom. The van der Waals surface area contributed by atoms with E-state index in [1.807, 2.05) is 0 Å². The van der Waals surface area contributed by atoms with Gasteiger partial charge < -0.3 is 5.73 Å². The Hall–Kier alpha value is -2.06. The number of benzene rings is 1. The minimum absolute atomic E-state index is 0.0573. The second kappa shape index (κ2) is 6.15. The van der Waals surface area contributed by atoms with Crippen LogP contribution in [0.2, 0.25) is 0 Å². The molecule has 0 amide bonds. The number of nitrogens with one attached hydrogen (secondary N) is 1. The standard InChI is InChI=1S/C13H12FN3O2S2/c14-11-4-5-12(16-7-11)17-21(18,19)8-9-2-1-3-10(6-9)13(15)20/h1-7H,8H2,(H2,15,20)(H,16,17). The van der Waals surface area contributed by atoms with Crippen LogP contribution in [0.25, 0.3) is 0 Å². The first kappa shape index (κ1) is 15.3. The average Bonchev–Trinajstić information content (AvgIpc) is 2.41. The molecule has 2 aromatic rings. The van der Waals surface area contributed by atoms with Gasteiger partial charge in [0.15, 0.2) is 0 Å². The molecule has 1 aromatic heterocycles. The summed E-state index contributed by atoms with van der Waals surface area (Å²) in [5, 5.41) is 0. The van der Waals surface area contributed by atoms with Crippen LogP contribution in [-0.2, 0) is 15.8 Å². The lowest BCUT2D eigenvalue weighted by atomic mass is 10.1. The van der Waals surface area contributed by atoms with E-state index in [2.05, 4.69) is 9.71 Å². The second-order valence-electron chi connectivity index (χ2n) is 4.29. The molecule has 0 unspecified atom stereocenters. The van der Waals surface area contributed by atoms with Crippen LogP contribution in [0, 0.1) is 5.82 Å². The molecule has 0 aliphatic heterocycles. The molecule has 0 fully saturated rings. The maximum absolute atomic E-state index is 12.7. The molecule has 1 heterocycles. The smallest absolute Gasteiger partial charge is 0.238 e. The number of pyridine rings is 1. The normalized spacial score (nSPS) is 11.1. The van der Waals surface area contributed by atoms with Gasteiger partial charge in [-0.3, -0.25) is 4.72 Å². The third kappa shape index (κ3) is 4.47. The van der Waals surface area contributed by atoms with Crippen LogP contribution >= 0.6 is 12.2 Å². The molecule has 110 valence electrons. The van der Waals surface area contributed by atoms with Gasteiger partial charge in [0.25, 0.3) is 0 Å². The van der Waals surface area contributed by atoms with Crippen LogP contribution < -0.4 is 10.5 Å². The predicted molar refractivity (Wildman–Crippen MR) is 82.8 cm³/mol. The highest BCUT2D eigenvalue weighted by Gasteiger charge is 2.13. The Bertz CT molecular complexity index is 761.